The summed E-state index contributed by atoms with van der Waals surface area (Å²) in [6.45, 7) is 5.34. The van der Waals surface area contributed by atoms with Crippen molar-refractivity contribution in [1.29, 1.82) is 0 Å². The number of ether oxygens (including phenoxy) is 6. The summed E-state index contributed by atoms with van der Waals surface area (Å²) in [7, 11) is 0. The number of carbonyl (C=O) groups is 3. The first-order valence-electron chi connectivity index (χ1n) is 22.4. The van der Waals surface area contributed by atoms with E-state index in [0.717, 1.165) is 22.3 Å². The van der Waals surface area contributed by atoms with Gasteiger partial charge >= 0.3 is 11.7 Å². The Morgan fingerprint density at radius 1 is 0.687 bits per heavy atom. The summed E-state index contributed by atoms with van der Waals surface area (Å²) in [5.74, 6) is -3.45. The molecule has 0 aliphatic carbocycles. The van der Waals surface area contributed by atoms with E-state index in [2.05, 4.69) is 12.6 Å². The summed E-state index contributed by atoms with van der Waals surface area (Å²) < 4.78 is 64.8. The van der Waals surface area contributed by atoms with E-state index >= 15 is 0 Å². The second-order valence-corrected chi connectivity index (χ2v) is 16.1. The number of thiol groups is 1. The van der Waals surface area contributed by atoms with Crippen LogP contribution in [-0.2, 0) is 62.3 Å². The van der Waals surface area contributed by atoms with Crippen molar-refractivity contribution >= 4 is 30.2 Å². The van der Waals surface area contributed by atoms with Crippen molar-refractivity contribution in [3.63, 3.8) is 0 Å². The van der Waals surface area contributed by atoms with Crippen molar-refractivity contribution in [3.05, 3.63) is 128 Å². The Bertz CT molecular complexity index is 2260. The summed E-state index contributed by atoms with van der Waals surface area (Å²) in [6, 6.07) is 18.9. The zero-order chi connectivity index (χ0) is 48.4. The van der Waals surface area contributed by atoms with Crippen LogP contribution in [0.15, 0.2) is 82.4 Å². The van der Waals surface area contributed by atoms with Gasteiger partial charge in [-0.2, -0.15) is 12.6 Å². The third-order valence-electron chi connectivity index (χ3n) is 10.8. The minimum Gasteiger partial charge on any atom is -0.481 e. The second-order valence-electron chi connectivity index (χ2n) is 15.7. The van der Waals surface area contributed by atoms with E-state index in [9.17, 15) is 32.8 Å². The molecule has 1 heterocycles. The molecule has 0 aliphatic heterocycles. The third kappa shape index (κ3) is 18.9. The molecule has 0 saturated heterocycles. The smallest absolute Gasteiger partial charge is 0.331 e. The molecule has 18 heteroatoms. The first kappa shape index (κ1) is 54.7. The molecule has 0 radical (unpaired) electrons. The van der Waals surface area contributed by atoms with Crippen LogP contribution in [0.25, 0.3) is 11.1 Å². The molecular formula is C49H63F2N3O12S. The molecule has 3 N–H and O–H groups in total. The monoisotopic (exact) mass is 955 g/mol. The fourth-order valence-corrected chi connectivity index (χ4v) is 7.27. The van der Waals surface area contributed by atoms with Crippen molar-refractivity contribution in [1.82, 2.24) is 9.13 Å². The van der Waals surface area contributed by atoms with Gasteiger partial charge in [-0.15, -0.1) is 0 Å². The van der Waals surface area contributed by atoms with Crippen LogP contribution >= 0.6 is 12.6 Å². The quantitative estimate of drug-likeness (QED) is 0.0394. The number of ketones is 2. The summed E-state index contributed by atoms with van der Waals surface area (Å²) in [5, 5.41) is 8.99. The second kappa shape index (κ2) is 30.5. The SMILES string of the molecule is Cc1c(-c2cccc(CCC(=O)CCCOCCOCCOCCOCCOCCOCCC(=O)CC(CS)C(=O)O)c2)c(=O)n(C[C@H](N)c2ccccc2)c(=O)n1Cc1c(F)cccc1F. The largest absolute Gasteiger partial charge is 0.481 e. The maximum absolute atomic E-state index is 14.8. The van der Waals surface area contributed by atoms with Crippen molar-refractivity contribution in [2.45, 2.75) is 64.6 Å². The van der Waals surface area contributed by atoms with E-state index in [4.69, 9.17) is 39.3 Å². The van der Waals surface area contributed by atoms with Crippen LogP contribution in [0.3, 0.4) is 0 Å². The normalized spacial score (nSPS) is 12.3. The topological polar surface area (TPSA) is 197 Å². The lowest BCUT2D eigenvalue weighted by molar-refractivity contribution is -0.143. The average Bonchev–Trinajstić information content (AvgIpc) is 3.31. The van der Waals surface area contributed by atoms with E-state index in [1.165, 1.54) is 10.6 Å². The summed E-state index contributed by atoms with van der Waals surface area (Å²) in [5.41, 5.74) is 7.26. The number of carboxylic acid groups (broad SMARTS) is 1. The number of carbonyl (C=O) groups excluding carboxylic acids is 2. The van der Waals surface area contributed by atoms with Crippen LogP contribution in [0.4, 0.5) is 8.78 Å². The van der Waals surface area contributed by atoms with Crippen LogP contribution in [-0.4, -0.2) is 117 Å². The Balaban J connectivity index is 1.09. The molecule has 3 aromatic carbocycles. The summed E-state index contributed by atoms with van der Waals surface area (Å²) in [6.07, 6.45) is 1.66. The number of benzene rings is 3. The molecule has 67 heavy (non-hydrogen) atoms. The number of aromatic nitrogens is 2. The lowest BCUT2D eigenvalue weighted by atomic mass is 9.99. The number of Topliss-reactive ketones (excluding diaryl/α,β-unsaturated/α-hetero) is 2. The van der Waals surface area contributed by atoms with Crippen LogP contribution in [0.2, 0.25) is 0 Å². The Morgan fingerprint density at radius 3 is 1.81 bits per heavy atom. The highest BCUT2D eigenvalue weighted by Gasteiger charge is 2.23. The van der Waals surface area contributed by atoms with Gasteiger partial charge in [0.15, 0.2) is 0 Å². The maximum Gasteiger partial charge on any atom is 0.331 e. The van der Waals surface area contributed by atoms with Crippen LogP contribution in [0.5, 0.6) is 0 Å². The maximum atomic E-state index is 14.8. The minimum atomic E-state index is -1.03. The first-order valence-corrected chi connectivity index (χ1v) is 23.0. The van der Waals surface area contributed by atoms with Crippen LogP contribution in [0.1, 0.15) is 60.5 Å². The number of carboxylic acids is 1. The van der Waals surface area contributed by atoms with E-state index < -0.39 is 47.4 Å². The van der Waals surface area contributed by atoms with Gasteiger partial charge in [0.1, 0.15) is 23.2 Å². The number of nitrogens with two attached hydrogens (primary N) is 1. The van der Waals surface area contributed by atoms with Gasteiger partial charge in [0.05, 0.1) is 97.2 Å². The number of rotatable bonds is 35. The lowest BCUT2D eigenvalue weighted by Gasteiger charge is -2.20. The summed E-state index contributed by atoms with van der Waals surface area (Å²) >= 11 is 3.96. The zero-order valence-electron chi connectivity index (χ0n) is 38.0. The molecule has 2 atom stereocenters. The Hall–Kier alpha value is -4.92. The van der Waals surface area contributed by atoms with Gasteiger partial charge in [-0.25, -0.2) is 13.6 Å². The van der Waals surface area contributed by atoms with Crippen molar-refractivity contribution in [2.75, 3.05) is 85.0 Å². The van der Waals surface area contributed by atoms with Crippen molar-refractivity contribution in [3.8, 4) is 11.1 Å². The highest BCUT2D eigenvalue weighted by molar-refractivity contribution is 7.80. The van der Waals surface area contributed by atoms with Gasteiger partial charge in [-0.05, 0) is 48.6 Å². The molecule has 0 aliphatic rings. The number of hydrogen-bond donors (Lipinski definition) is 3. The van der Waals surface area contributed by atoms with Crippen LogP contribution in [0, 0.1) is 24.5 Å². The number of hydrogen-bond acceptors (Lipinski definition) is 13. The third-order valence-corrected chi connectivity index (χ3v) is 11.2. The summed E-state index contributed by atoms with van der Waals surface area (Å²) in [4.78, 5) is 63.6. The van der Waals surface area contributed by atoms with E-state index in [-0.39, 0.29) is 66.6 Å². The molecule has 0 fully saturated rings. The molecule has 4 rings (SSSR count). The lowest BCUT2D eigenvalue weighted by Crippen LogP contribution is -2.44. The Labute approximate surface area is 394 Å². The van der Waals surface area contributed by atoms with Gasteiger partial charge in [0, 0.05) is 55.3 Å². The Morgan fingerprint density at radius 2 is 1.24 bits per heavy atom. The molecule has 0 spiro atoms. The number of aliphatic carboxylic acids is 1. The number of halogens is 2. The molecule has 0 amide bonds. The zero-order valence-corrected chi connectivity index (χ0v) is 38.9. The van der Waals surface area contributed by atoms with Gasteiger partial charge in [-0.3, -0.25) is 28.3 Å². The van der Waals surface area contributed by atoms with E-state index in [0.29, 0.717) is 103 Å². The minimum absolute atomic E-state index is 0.0519. The van der Waals surface area contributed by atoms with Gasteiger partial charge in [0.25, 0.3) is 5.56 Å². The molecule has 0 saturated carbocycles. The molecule has 0 bridgehead atoms. The van der Waals surface area contributed by atoms with E-state index in [1.807, 2.05) is 12.1 Å². The molecule has 1 unspecified atom stereocenters. The molecule has 15 nitrogen and oxygen atoms in total. The highest BCUT2D eigenvalue weighted by Crippen LogP contribution is 2.23. The molecule has 1 aromatic heterocycles. The molecular weight excluding hydrogens is 893 g/mol. The predicted octanol–water partition coefficient (Wildman–Crippen LogP) is 5.37. The molecule has 366 valence electrons. The van der Waals surface area contributed by atoms with Crippen molar-refractivity contribution in [2.24, 2.45) is 11.7 Å². The van der Waals surface area contributed by atoms with Crippen LogP contribution < -0.4 is 17.0 Å². The predicted molar refractivity (Wildman–Crippen MR) is 251 cm³/mol. The van der Waals surface area contributed by atoms with Crippen molar-refractivity contribution < 1.29 is 56.7 Å². The van der Waals surface area contributed by atoms with Gasteiger partial charge in [-0.1, -0.05) is 60.7 Å². The first-order chi connectivity index (χ1) is 32.4. The fraction of sp³-hybridized carbons (Fsp3) is 0.490. The number of nitrogens with zero attached hydrogens (tertiary/aromatic N) is 2. The highest BCUT2D eigenvalue weighted by atomic mass is 32.1. The van der Waals surface area contributed by atoms with Gasteiger partial charge in [0.2, 0.25) is 0 Å². The fourth-order valence-electron chi connectivity index (χ4n) is 6.98. The average molecular weight is 956 g/mol. The molecule has 4 aromatic rings. The standard InChI is InChI=1S/C49H63F2N3O12S/c1-35-46(47(57)54(33-45(52)37-9-3-2-4-10-37)49(60)53(35)32-42-43(50)13-6-14-44(42)51)38-11-5-8-36(30-38)15-16-40(55)12-7-18-61-20-22-63-24-26-65-28-29-66-27-25-64-23-21-62-19-17-41(56)31-39(34-67)48(58)59/h2-6,8-11,13-14,30,39,45,67H,7,12,15-29,31-34,52H2,1H3,(H,58,59)/t39?,45-/m0/s1. The Kier molecular flexibility index (Phi) is 24.9. The van der Waals surface area contributed by atoms with Gasteiger partial charge < -0.3 is 39.3 Å². The number of aryl methyl sites for hydroxylation is 1. The van der Waals surface area contributed by atoms with E-state index in [1.54, 1.807) is 49.4 Å².